The lowest BCUT2D eigenvalue weighted by atomic mass is 9.81. The maximum Gasteiger partial charge on any atom is 0.243 e. The van der Waals surface area contributed by atoms with Crippen molar-refractivity contribution in [3.8, 4) is 0 Å². The first-order valence-electron chi connectivity index (χ1n) is 6.60. The minimum atomic E-state index is -4.10. The van der Waals surface area contributed by atoms with Gasteiger partial charge in [0, 0.05) is 18.0 Å². The molecule has 7 heteroatoms. The Labute approximate surface area is 124 Å². The van der Waals surface area contributed by atoms with Crippen LogP contribution in [0.5, 0.6) is 0 Å². The van der Waals surface area contributed by atoms with Crippen LogP contribution < -0.4 is 4.72 Å². The van der Waals surface area contributed by atoms with Crippen molar-refractivity contribution in [2.24, 2.45) is 11.3 Å². The van der Waals surface area contributed by atoms with Gasteiger partial charge < -0.3 is 5.11 Å². The van der Waals surface area contributed by atoms with Gasteiger partial charge in [-0.3, -0.25) is 0 Å². The highest BCUT2D eigenvalue weighted by Crippen LogP contribution is 2.26. The fourth-order valence-corrected chi connectivity index (χ4v) is 3.34. The Morgan fingerprint density at radius 3 is 2.33 bits per heavy atom. The van der Waals surface area contributed by atoms with E-state index in [1.165, 1.54) is 0 Å². The molecule has 1 atom stereocenters. The lowest BCUT2D eigenvalue weighted by Gasteiger charge is -2.33. The van der Waals surface area contributed by atoms with Gasteiger partial charge in [-0.1, -0.05) is 27.7 Å². The number of halogens is 2. The van der Waals surface area contributed by atoms with E-state index in [0.717, 1.165) is 12.1 Å². The molecule has 0 fully saturated rings. The average molecular weight is 321 g/mol. The molecule has 120 valence electrons. The van der Waals surface area contributed by atoms with Gasteiger partial charge in [-0.2, -0.15) is 0 Å². The molecular weight excluding hydrogens is 300 g/mol. The third-order valence-electron chi connectivity index (χ3n) is 3.33. The number of sulfonamides is 1. The van der Waals surface area contributed by atoms with E-state index in [0.29, 0.717) is 6.07 Å². The molecule has 1 unspecified atom stereocenters. The van der Waals surface area contributed by atoms with E-state index >= 15 is 0 Å². The zero-order valence-corrected chi connectivity index (χ0v) is 13.3. The smallest absolute Gasteiger partial charge is 0.243 e. The number of benzene rings is 1. The van der Waals surface area contributed by atoms with Crippen LogP contribution in [-0.4, -0.2) is 26.2 Å². The van der Waals surface area contributed by atoms with Crippen molar-refractivity contribution in [2.45, 2.75) is 38.7 Å². The summed E-state index contributed by atoms with van der Waals surface area (Å²) in [6, 6.07) is 2.27. The van der Waals surface area contributed by atoms with Crippen LogP contribution in [0.3, 0.4) is 0 Å². The van der Waals surface area contributed by atoms with Crippen LogP contribution in [0.1, 0.15) is 27.7 Å². The first kappa shape index (κ1) is 18.0. The maximum atomic E-state index is 13.5. The summed E-state index contributed by atoms with van der Waals surface area (Å²) < 4.78 is 52.7. The van der Waals surface area contributed by atoms with Crippen LogP contribution in [-0.2, 0) is 10.0 Å². The van der Waals surface area contributed by atoms with Crippen LogP contribution >= 0.6 is 0 Å². The van der Waals surface area contributed by atoms with Crippen LogP contribution in [0.4, 0.5) is 8.78 Å². The highest BCUT2D eigenvalue weighted by Gasteiger charge is 2.32. The summed E-state index contributed by atoms with van der Waals surface area (Å²) >= 11 is 0. The van der Waals surface area contributed by atoms with E-state index in [4.69, 9.17) is 0 Å². The van der Waals surface area contributed by atoms with Crippen molar-refractivity contribution in [3.63, 3.8) is 0 Å². The molecule has 21 heavy (non-hydrogen) atoms. The molecule has 0 amide bonds. The molecule has 0 bridgehead atoms. The zero-order chi connectivity index (χ0) is 16.4. The number of nitrogens with one attached hydrogen (secondary N) is 1. The van der Waals surface area contributed by atoms with Crippen LogP contribution in [0.2, 0.25) is 0 Å². The minimum absolute atomic E-state index is 0.0490. The van der Waals surface area contributed by atoms with E-state index < -0.39 is 38.1 Å². The third-order valence-corrected chi connectivity index (χ3v) is 4.77. The van der Waals surface area contributed by atoms with Crippen LogP contribution in [0.25, 0.3) is 0 Å². The standard InChI is InChI=1S/C14H21F2NO3S/c1-9(2)13(18)14(3,4)8-17-21(19,20)12-6-5-10(15)7-11(12)16/h5-7,9,13,17-18H,8H2,1-4H3. The van der Waals surface area contributed by atoms with Gasteiger partial charge in [0.1, 0.15) is 16.5 Å². The second-order valence-corrected chi connectivity index (χ2v) is 7.81. The van der Waals surface area contributed by atoms with Crippen molar-refractivity contribution < 1.29 is 22.3 Å². The fourth-order valence-electron chi connectivity index (χ4n) is 2.06. The molecule has 0 heterocycles. The van der Waals surface area contributed by atoms with Crippen molar-refractivity contribution in [3.05, 3.63) is 29.8 Å². The monoisotopic (exact) mass is 321 g/mol. The van der Waals surface area contributed by atoms with Gasteiger partial charge in [0.2, 0.25) is 10.0 Å². The Hall–Kier alpha value is -1.05. The summed E-state index contributed by atoms with van der Waals surface area (Å²) in [5, 5.41) is 10.1. The van der Waals surface area contributed by atoms with Crippen molar-refractivity contribution in [2.75, 3.05) is 6.54 Å². The Morgan fingerprint density at radius 1 is 1.29 bits per heavy atom. The van der Waals surface area contributed by atoms with Gasteiger partial charge in [-0.15, -0.1) is 0 Å². The summed E-state index contributed by atoms with van der Waals surface area (Å²) in [5.41, 5.74) is -0.724. The van der Waals surface area contributed by atoms with Gasteiger partial charge in [0.05, 0.1) is 6.10 Å². The molecule has 0 spiro atoms. The average Bonchev–Trinajstić information content (AvgIpc) is 2.35. The van der Waals surface area contributed by atoms with Gasteiger partial charge in [0.15, 0.2) is 0 Å². The lowest BCUT2D eigenvalue weighted by molar-refractivity contribution is 0.0166. The largest absolute Gasteiger partial charge is 0.392 e. The Kier molecular flexibility index (Phi) is 5.46. The van der Waals surface area contributed by atoms with E-state index in [9.17, 15) is 22.3 Å². The topological polar surface area (TPSA) is 66.4 Å². The molecule has 0 aromatic heterocycles. The second kappa shape index (κ2) is 6.37. The first-order valence-corrected chi connectivity index (χ1v) is 8.08. The predicted octanol–water partition coefficient (Wildman–Crippen LogP) is 2.29. The normalized spacial score (nSPS) is 14.5. The Bertz CT molecular complexity index is 600. The highest BCUT2D eigenvalue weighted by molar-refractivity contribution is 7.89. The molecule has 0 saturated heterocycles. The number of aliphatic hydroxyl groups is 1. The molecule has 1 aromatic carbocycles. The molecule has 1 rings (SSSR count). The summed E-state index contributed by atoms with van der Waals surface area (Å²) in [6.07, 6.45) is -0.724. The molecule has 0 aliphatic carbocycles. The Balaban J connectivity index is 2.91. The highest BCUT2D eigenvalue weighted by atomic mass is 32.2. The van der Waals surface area contributed by atoms with Gasteiger partial charge in [-0.05, 0) is 18.1 Å². The van der Waals surface area contributed by atoms with E-state index in [1.807, 2.05) is 13.8 Å². The van der Waals surface area contributed by atoms with Gasteiger partial charge in [0.25, 0.3) is 0 Å². The molecule has 0 saturated carbocycles. The molecule has 0 radical (unpaired) electrons. The van der Waals surface area contributed by atoms with E-state index in [1.54, 1.807) is 13.8 Å². The van der Waals surface area contributed by atoms with Gasteiger partial charge >= 0.3 is 0 Å². The molecular formula is C14H21F2NO3S. The number of hydrogen-bond donors (Lipinski definition) is 2. The zero-order valence-electron chi connectivity index (χ0n) is 12.5. The second-order valence-electron chi connectivity index (χ2n) is 6.08. The Morgan fingerprint density at radius 2 is 1.86 bits per heavy atom. The SMILES string of the molecule is CC(C)C(O)C(C)(C)CNS(=O)(=O)c1ccc(F)cc1F. The first-order chi connectivity index (χ1) is 9.47. The van der Waals surface area contributed by atoms with Gasteiger partial charge in [-0.25, -0.2) is 21.9 Å². The quantitative estimate of drug-likeness (QED) is 0.845. The van der Waals surface area contributed by atoms with Crippen LogP contribution in [0, 0.1) is 23.0 Å². The van der Waals surface area contributed by atoms with E-state index in [2.05, 4.69) is 4.72 Å². The minimum Gasteiger partial charge on any atom is -0.392 e. The number of rotatable bonds is 6. The van der Waals surface area contributed by atoms with Crippen molar-refractivity contribution in [1.29, 1.82) is 0 Å². The number of hydrogen-bond acceptors (Lipinski definition) is 3. The molecule has 2 N–H and O–H groups in total. The van der Waals surface area contributed by atoms with Crippen molar-refractivity contribution >= 4 is 10.0 Å². The number of aliphatic hydroxyl groups excluding tert-OH is 1. The van der Waals surface area contributed by atoms with E-state index in [-0.39, 0.29) is 12.5 Å². The summed E-state index contributed by atoms with van der Waals surface area (Å²) in [6.45, 7) is 7.00. The predicted molar refractivity (Wildman–Crippen MR) is 76.2 cm³/mol. The molecule has 4 nitrogen and oxygen atoms in total. The maximum absolute atomic E-state index is 13.5. The summed E-state index contributed by atoms with van der Waals surface area (Å²) in [4.78, 5) is -0.612. The molecule has 1 aromatic rings. The third kappa shape index (κ3) is 4.46. The summed E-state index contributed by atoms with van der Waals surface area (Å²) in [7, 11) is -4.10. The lowest BCUT2D eigenvalue weighted by Crippen LogP contribution is -2.43. The molecule has 0 aliphatic rings. The fraction of sp³-hybridized carbons (Fsp3) is 0.571. The summed E-state index contributed by atoms with van der Waals surface area (Å²) in [5.74, 6) is -2.04. The van der Waals surface area contributed by atoms with Crippen LogP contribution in [0.15, 0.2) is 23.1 Å². The molecule has 0 aliphatic heterocycles. The van der Waals surface area contributed by atoms with Crippen molar-refractivity contribution in [1.82, 2.24) is 4.72 Å².